The predicted octanol–water partition coefficient (Wildman–Crippen LogP) is 2.40. The first-order chi connectivity index (χ1) is 15.3. The Morgan fingerprint density at radius 3 is 2.78 bits per heavy atom. The standard InChI is InChI=1S/C21H27FN6O4/c1-28-16(5-13(27-28)10-31-2)19(29)23-18-6-15(25-26-18)12-3-14(22)17(4-12)32-20(30)24-21-7-11(8-21)9-21/h5-6,11-12,14,17H,3-4,7-10H2,1-2H3,(H,24,30)(H2,23,25,26,29)/t11?,12-,14+,17-,21?/m0/s1. The Morgan fingerprint density at radius 2 is 2.09 bits per heavy atom. The van der Waals surface area contributed by atoms with Crippen molar-refractivity contribution in [2.75, 3.05) is 12.4 Å². The first-order valence-electron chi connectivity index (χ1n) is 10.9. The third-order valence-corrected chi connectivity index (χ3v) is 6.83. The minimum Gasteiger partial charge on any atom is -0.443 e. The van der Waals surface area contributed by atoms with Crippen LogP contribution in [0.25, 0.3) is 0 Å². The van der Waals surface area contributed by atoms with Crippen LogP contribution in [0.2, 0.25) is 0 Å². The van der Waals surface area contributed by atoms with Crippen LogP contribution in [0.1, 0.15) is 59.9 Å². The molecule has 2 aromatic rings. The van der Waals surface area contributed by atoms with Crippen molar-refractivity contribution in [1.82, 2.24) is 25.3 Å². The van der Waals surface area contributed by atoms with Crippen LogP contribution in [-0.4, -0.2) is 56.9 Å². The molecule has 2 bridgehead atoms. The van der Waals surface area contributed by atoms with Crippen LogP contribution in [0.4, 0.5) is 15.0 Å². The second kappa shape index (κ2) is 7.88. The zero-order valence-corrected chi connectivity index (χ0v) is 18.1. The number of hydrogen-bond donors (Lipinski definition) is 3. The summed E-state index contributed by atoms with van der Waals surface area (Å²) >= 11 is 0. The topological polar surface area (TPSA) is 123 Å². The number of methoxy groups -OCH3 is 1. The number of alkyl halides is 1. The number of ether oxygens (including phenoxy) is 2. The molecule has 11 heteroatoms. The predicted molar refractivity (Wildman–Crippen MR) is 111 cm³/mol. The minimum atomic E-state index is -1.24. The van der Waals surface area contributed by atoms with Gasteiger partial charge in [0.1, 0.15) is 18.0 Å². The maximum Gasteiger partial charge on any atom is 0.407 e. The van der Waals surface area contributed by atoms with E-state index < -0.39 is 18.4 Å². The number of hydrogen-bond acceptors (Lipinski definition) is 6. The second-order valence-corrected chi connectivity index (χ2v) is 9.25. The highest BCUT2D eigenvalue weighted by Gasteiger charge is 2.58. The zero-order chi connectivity index (χ0) is 22.5. The van der Waals surface area contributed by atoms with Gasteiger partial charge in [-0.05, 0) is 44.1 Å². The summed E-state index contributed by atoms with van der Waals surface area (Å²) in [5.74, 6) is 0.531. The van der Waals surface area contributed by atoms with E-state index in [1.807, 2.05) is 0 Å². The molecule has 3 atom stereocenters. The largest absolute Gasteiger partial charge is 0.443 e. The molecule has 4 aliphatic carbocycles. The van der Waals surface area contributed by atoms with Crippen LogP contribution in [-0.2, 0) is 23.1 Å². The molecule has 0 saturated heterocycles. The normalized spacial score (nSPS) is 30.3. The number of anilines is 1. The molecule has 4 saturated carbocycles. The van der Waals surface area contributed by atoms with E-state index in [0.717, 1.165) is 25.2 Å². The zero-order valence-electron chi connectivity index (χ0n) is 18.1. The maximum atomic E-state index is 14.5. The summed E-state index contributed by atoms with van der Waals surface area (Å²) in [5.41, 5.74) is 1.61. The lowest BCUT2D eigenvalue weighted by atomic mass is 9.50. The Morgan fingerprint density at radius 1 is 1.31 bits per heavy atom. The van der Waals surface area contributed by atoms with Gasteiger partial charge in [0.05, 0.1) is 12.3 Å². The highest BCUT2D eigenvalue weighted by Crippen LogP contribution is 2.57. The number of nitrogens with one attached hydrogen (secondary N) is 3. The van der Waals surface area contributed by atoms with Gasteiger partial charge in [-0.25, -0.2) is 9.18 Å². The molecule has 0 unspecified atom stereocenters. The van der Waals surface area contributed by atoms with Crippen LogP contribution in [0.15, 0.2) is 12.1 Å². The first-order valence-corrected chi connectivity index (χ1v) is 10.9. The summed E-state index contributed by atoms with van der Waals surface area (Å²) < 4.78 is 26.4. The molecule has 4 aliphatic rings. The number of H-pyrrole nitrogens is 1. The van der Waals surface area contributed by atoms with Crippen molar-refractivity contribution in [3.63, 3.8) is 0 Å². The monoisotopic (exact) mass is 446 g/mol. The number of aromatic amines is 1. The Labute approximate surface area is 184 Å². The average Bonchev–Trinajstić information content (AvgIpc) is 3.37. The quantitative estimate of drug-likeness (QED) is 0.600. The van der Waals surface area contributed by atoms with E-state index in [1.165, 1.54) is 4.68 Å². The molecule has 2 heterocycles. The van der Waals surface area contributed by atoms with E-state index in [9.17, 15) is 14.0 Å². The SMILES string of the molecule is COCc1cc(C(=O)Nc2cc([C@H]3C[C@@H](F)[C@@H](OC(=O)NC45CC(C4)C5)C3)[nH]n2)n(C)n1. The van der Waals surface area contributed by atoms with E-state index in [0.29, 0.717) is 35.9 Å². The number of aryl methyl sites for hydroxylation is 1. The molecule has 0 radical (unpaired) electrons. The molecular formula is C21H27FN6O4. The highest BCUT2D eigenvalue weighted by molar-refractivity contribution is 6.02. The van der Waals surface area contributed by atoms with Crippen LogP contribution < -0.4 is 10.6 Å². The summed E-state index contributed by atoms with van der Waals surface area (Å²) in [6.07, 6.45) is 1.04. The Hall–Kier alpha value is -2.95. The van der Waals surface area contributed by atoms with Crippen molar-refractivity contribution in [2.24, 2.45) is 13.0 Å². The van der Waals surface area contributed by atoms with Crippen LogP contribution >= 0.6 is 0 Å². The maximum absolute atomic E-state index is 14.5. The molecule has 6 rings (SSSR count). The molecule has 32 heavy (non-hydrogen) atoms. The van der Waals surface area contributed by atoms with Gasteiger partial charge < -0.3 is 20.1 Å². The molecule has 3 N–H and O–H groups in total. The van der Waals surface area contributed by atoms with E-state index >= 15 is 0 Å². The van der Waals surface area contributed by atoms with E-state index in [2.05, 4.69) is 25.9 Å². The van der Waals surface area contributed by atoms with Crippen LogP contribution in [0.3, 0.4) is 0 Å². The third kappa shape index (κ3) is 3.85. The number of alkyl carbamates (subject to hydrolysis) is 1. The van der Waals surface area contributed by atoms with Crippen molar-refractivity contribution in [2.45, 2.75) is 62.4 Å². The van der Waals surface area contributed by atoms with Crippen LogP contribution in [0, 0.1) is 5.92 Å². The fraction of sp³-hybridized carbons (Fsp3) is 0.619. The van der Waals surface area contributed by atoms with Crippen molar-refractivity contribution in [3.05, 3.63) is 29.2 Å². The van der Waals surface area contributed by atoms with Gasteiger partial charge in [0.25, 0.3) is 5.91 Å². The number of carbonyl (C=O) groups is 2. The van der Waals surface area contributed by atoms with E-state index in [1.54, 1.807) is 26.3 Å². The van der Waals surface area contributed by atoms with Crippen molar-refractivity contribution in [3.8, 4) is 0 Å². The third-order valence-electron chi connectivity index (χ3n) is 6.83. The smallest absolute Gasteiger partial charge is 0.407 e. The van der Waals surface area contributed by atoms with E-state index in [-0.39, 0.29) is 23.8 Å². The summed E-state index contributed by atoms with van der Waals surface area (Å²) in [6, 6.07) is 3.34. The van der Waals surface area contributed by atoms with Crippen molar-refractivity contribution >= 4 is 17.8 Å². The van der Waals surface area contributed by atoms with Crippen molar-refractivity contribution in [1.29, 1.82) is 0 Å². The number of amides is 2. The van der Waals surface area contributed by atoms with E-state index in [4.69, 9.17) is 9.47 Å². The molecule has 2 amide bonds. The fourth-order valence-corrected chi connectivity index (χ4v) is 5.09. The Balaban J connectivity index is 1.16. The van der Waals surface area contributed by atoms with Crippen molar-refractivity contribution < 1.29 is 23.5 Å². The average molecular weight is 446 g/mol. The lowest BCUT2D eigenvalue weighted by Gasteiger charge is -2.61. The molecule has 4 fully saturated rings. The second-order valence-electron chi connectivity index (χ2n) is 9.25. The van der Waals surface area contributed by atoms with Gasteiger partial charge in [-0.15, -0.1) is 0 Å². The highest BCUT2D eigenvalue weighted by atomic mass is 19.1. The number of carbonyl (C=O) groups excluding carboxylic acids is 2. The Kier molecular flexibility index (Phi) is 5.15. The van der Waals surface area contributed by atoms with Gasteiger partial charge in [0, 0.05) is 37.4 Å². The molecule has 0 aliphatic heterocycles. The fourth-order valence-electron chi connectivity index (χ4n) is 5.09. The summed E-state index contributed by atoms with van der Waals surface area (Å²) in [4.78, 5) is 24.7. The summed E-state index contributed by atoms with van der Waals surface area (Å²) in [6.45, 7) is 0.308. The summed E-state index contributed by atoms with van der Waals surface area (Å²) in [7, 11) is 3.23. The first kappa shape index (κ1) is 20.9. The molecular weight excluding hydrogens is 419 g/mol. The lowest BCUT2D eigenvalue weighted by Crippen LogP contribution is -2.68. The van der Waals surface area contributed by atoms with Gasteiger partial charge in [0.2, 0.25) is 0 Å². The molecule has 10 nitrogen and oxygen atoms in total. The minimum absolute atomic E-state index is 0.0970. The Bertz CT molecular complexity index is 1020. The van der Waals surface area contributed by atoms with Gasteiger partial charge in [-0.1, -0.05) is 0 Å². The van der Waals surface area contributed by atoms with Crippen LogP contribution in [0.5, 0.6) is 0 Å². The van der Waals surface area contributed by atoms with Gasteiger partial charge in [-0.3, -0.25) is 14.6 Å². The molecule has 2 aromatic heterocycles. The number of nitrogens with zero attached hydrogens (tertiary/aromatic N) is 3. The number of rotatable bonds is 7. The van der Waals surface area contributed by atoms with Gasteiger partial charge >= 0.3 is 6.09 Å². The molecule has 172 valence electrons. The summed E-state index contributed by atoms with van der Waals surface area (Å²) in [5, 5.41) is 16.9. The van der Waals surface area contributed by atoms with Gasteiger partial charge in [0.15, 0.2) is 5.82 Å². The molecule has 0 aromatic carbocycles. The lowest BCUT2D eigenvalue weighted by molar-refractivity contribution is -0.0530. The van der Waals surface area contributed by atoms with Gasteiger partial charge in [-0.2, -0.15) is 10.2 Å². The number of aromatic nitrogens is 4. The molecule has 0 spiro atoms. The number of halogens is 1.